The Morgan fingerprint density at radius 3 is 2.62 bits per heavy atom. The molecule has 16 heavy (non-hydrogen) atoms. The maximum absolute atomic E-state index is 9.62. The first kappa shape index (κ1) is 10.6. The van der Waals surface area contributed by atoms with Crippen molar-refractivity contribution in [2.75, 3.05) is 0 Å². The van der Waals surface area contributed by atoms with Crippen LogP contribution in [0.25, 0.3) is 20.2 Å². The van der Waals surface area contributed by atoms with Gasteiger partial charge in [0.15, 0.2) is 0 Å². The zero-order valence-corrected chi connectivity index (χ0v) is 12.0. The van der Waals surface area contributed by atoms with E-state index in [2.05, 4.69) is 44.0 Å². The Morgan fingerprint density at radius 2 is 1.81 bits per heavy atom. The minimum absolute atomic E-state index is 0.291. The van der Waals surface area contributed by atoms with Crippen LogP contribution in [0.2, 0.25) is 0 Å². The van der Waals surface area contributed by atoms with Gasteiger partial charge >= 0.3 is 0 Å². The molecule has 1 nitrogen and oxygen atoms in total. The summed E-state index contributed by atoms with van der Waals surface area (Å²) in [6, 6.07) is 9.75. The van der Waals surface area contributed by atoms with Crippen molar-refractivity contribution in [3.05, 3.63) is 39.3 Å². The molecule has 4 heteroatoms. The van der Waals surface area contributed by atoms with Crippen molar-refractivity contribution in [3.8, 4) is 5.75 Å². The first-order chi connectivity index (χ1) is 7.65. The molecule has 0 aliphatic rings. The molecule has 1 aromatic heterocycles. The van der Waals surface area contributed by atoms with E-state index >= 15 is 0 Å². The summed E-state index contributed by atoms with van der Waals surface area (Å²) >= 11 is 8.68. The van der Waals surface area contributed by atoms with Crippen molar-refractivity contribution in [1.29, 1.82) is 0 Å². The third kappa shape index (κ3) is 1.56. The molecule has 80 valence electrons. The number of fused-ring (bicyclic) bond motifs is 3. The van der Waals surface area contributed by atoms with Crippen LogP contribution >= 0.6 is 43.2 Å². The molecule has 0 amide bonds. The summed E-state index contributed by atoms with van der Waals surface area (Å²) < 4.78 is 4.40. The van der Waals surface area contributed by atoms with Crippen LogP contribution in [0.15, 0.2) is 39.3 Å². The third-order valence-corrected chi connectivity index (χ3v) is 5.07. The van der Waals surface area contributed by atoms with Crippen molar-refractivity contribution in [1.82, 2.24) is 0 Å². The molecule has 0 fully saturated rings. The van der Waals surface area contributed by atoms with Gasteiger partial charge in [-0.05, 0) is 46.3 Å². The topological polar surface area (TPSA) is 20.2 Å². The van der Waals surface area contributed by atoms with Crippen LogP contribution in [0.5, 0.6) is 5.75 Å². The van der Waals surface area contributed by atoms with Crippen molar-refractivity contribution >= 4 is 63.4 Å². The monoisotopic (exact) mass is 356 g/mol. The number of phenols is 1. The Bertz CT molecular complexity index is 703. The molecular weight excluding hydrogens is 352 g/mol. The molecule has 0 spiro atoms. The van der Waals surface area contributed by atoms with E-state index in [1.807, 2.05) is 12.1 Å². The largest absolute Gasteiger partial charge is 0.508 e. The quantitative estimate of drug-likeness (QED) is 0.579. The first-order valence-corrected chi connectivity index (χ1v) is 7.06. The fraction of sp³-hybridized carbons (Fsp3) is 0. The van der Waals surface area contributed by atoms with E-state index in [1.54, 1.807) is 17.4 Å². The first-order valence-electron chi connectivity index (χ1n) is 4.65. The molecule has 0 bridgehead atoms. The van der Waals surface area contributed by atoms with E-state index in [4.69, 9.17) is 0 Å². The number of hydrogen-bond acceptors (Lipinski definition) is 2. The summed E-state index contributed by atoms with van der Waals surface area (Å²) in [6.07, 6.45) is 0. The predicted octanol–water partition coefficient (Wildman–Crippen LogP) is 5.29. The van der Waals surface area contributed by atoms with Gasteiger partial charge in [0.2, 0.25) is 0 Å². The maximum Gasteiger partial charge on any atom is 0.117 e. The number of halogens is 2. The smallest absolute Gasteiger partial charge is 0.117 e. The molecule has 0 aliphatic carbocycles. The highest BCUT2D eigenvalue weighted by Crippen LogP contribution is 2.41. The van der Waals surface area contributed by atoms with E-state index in [0.29, 0.717) is 5.75 Å². The predicted molar refractivity (Wildman–Crippen MR) is 76.4 cm³/mol. The summed E-state index contributed by atoms with van der Waals surface area (Å²) in [5.41, 5.74) is 0. The number of rotatable bonds is 0. The summed E-state index contributed by atoms with van der Waals surface area (Å²) in [5.74, 6) is 0.291. The van der Waals surface area contributed by atoms with Gasteiger partial charge in [-0.3, -0.25) is 0 Å². The van der Waals surface area contributed by atoms with E-state index in [9.17, 15) is 5.11 Å². The average Bonchev–Trinajstić information content (AvgIpc) is 2.57. The molecule has 0 saturated heterocycles. The van der Waals surface area contributed by atoms with Gasteiger partial charge in [0.05, 0.1) is 0 Å². The minimum atomic E-state index is 0.291. The maximum atomic E-state index is 9.62. The van der Waals surface area contributed by atoms with Crippen LogP contribution in [0.4, 0.5) is 0 Å². The molecule has 0 radical (unpaired) electrons. The fourth-order valence-electron chi connectivity index (χ4n) is 1.79. The normalized spacial score (nSPS) is 11.4. The van der Waals surface area contributed by atoms with Gasteiger partial charge < -0.3 is 5.11 Å². The molecule has 3 rings (SSSR count). The van der Waals surface area contributed by atoms with Gasteiger partial charge in [0.25, 0.3) is 0 Å². The average molecular weight is 358 g/mol. The van der Waals surface area contributed by atoms with Crippen LogP contribution in [0.1, 0.15) is 0 Å². The minimum Gasteiger partial charge on any atom is -0.508 e. The van der Waals surface area contributed by atoms with Crippen LogP contribution < -0.4 is 0 Å². The fourth-order valence-corrected chi connectivity index (χ4v) is 3.92. The van der Waals surface area contributed by atoms with Crippen molar-refractivity contribution < 1.29 is 5.11 Å². The third-order valence-electron chi connectivity index (χ3n) is 2.47. The Kier molecular flexibility index (Phi) is 2.46. The summed E-state index contributed by atoms with van der Waals surface area (Å²) in [4.78, 5) is 0. The lowest BCUT2D eigenvalue weighted by atomic mass is 10.1. The molecule has 0 aliphatic heterocycles. The number of phenolic OH excluding ortho intramolecular Hbond substituents is 1. The van der Waals surface area contributed by atoms with E-state index in [1.165, 1.54) is 14.8 Å². The van der Waals surface area contributed by atoms with Crippen LogP contribution in [0.3, 0.4) is 0 Å². The summed E-state index contributed by atoms with van der Waals surface area (Å²) in [7, 11) is 0. The number of hydrogen-bond donors (Lipinski definition) is 1. The highest BCUT2D eigenvalue weighted by Gasteiger charge is 2.09. The molecule has 1 heterocycles. The van der Waals surface area contributed by atoms with Crippen LogP contribution in [0, 0.1) is 0 Å². The lowest BCUT2D eigenvalue weighted by Crippen LogP contribution is -1.70. The highest BCUT2D eigenvalue weighted by molar-refractivity contribution is 9.11. The van der Waals surface area contributed by atoms with Gasteiger partial charge in [0.1, 0.15) is 5.75 Å². The summed E-state index contributed by atoms with van der Waals surface area (Å²) in [6.45, 7) is 0. The molecule has 3 aromatic rings. The second-order valence-corrected chi connectivity index (χ2v) is 6.37. The molecular formula is C12H6Br2OS. The highest BCUT2D eigenvalue weighted by atomic mass is 79.9. The van der Waals surface area contributed by atoms with Crippen molar-refractivity contribution in [3.63, 3.8) is 0 Å². The molecule has 1 N–H and O–H groups in total. The van der Waals surface area contributed by atoms with Gasteiger partial charge in [0, 0.05) is 29.1 Å². The molecule has 0 saturated carbocycles. The standard InChI is InChI=1S/C12H6Br2OS/c13-6-1-2-11-8(3-6)9-4-7(15)5-10(14)12(9)16-11/h1-5,15H. The SMILES string of the molecule is Oc1cc(Br)c2sc3ccc(Br)cc3c2c1. The van der Waals surface area contributed by atoms with Gasteiger partial charge in [-0.25, -0.2) is 0 Å². The zero-order chi connectivity index (χ0) is 11.3. The van der Waals surface area contributed by atoms with Crippen LogP contribution in [-0.2, 0) is 0 Å². The number of thiophene rings is 1. The Hall–Kier alpha value is -0.580. The van der Waals surface area contributed by atoms with Gasteiger partial charge in [-0.1, -0.05) is 15.9 Å². The molecule has 2 aromatic carbocycles. The zero-order valence-electron chi connectivity index (χ0n) is 8.00. The molecule has 0 atom stereocenters. The number of benzene rings is 2. The van der Waals surface area contributed by atoms with Gasteiger partial charge in [-0.15, -0.1) is 11.3 Å². The second-order valence-electron chi connectivity index (χ2n) is 3.55. The number of aromatic hydroxyl groups is 1. The van der Waals surface area contributed by atoms with Crippen molar-refractivity contribution in [2.24, 2.45) is 0 Å². The second kappa shape index (κ2) is 3.72. The van der Waals surface area contributed by atoms with Gasteiger partial charge in [-0.2, -0.15) is 0 Å². The Morgan fingerprint density at radius 1 is 1.00 bits per heavy atom. The lowest BCUT2D eigenvalue weighted by molar-refractivity contribution is 0.476. The summed E-state index contributed by atoms with van der Waals surface area (Å²) in [5, 5.41) is 11.9. The van der Waals surface area contributed by atoms with Crippen LogP contribution in [-0.4, -0.2) is 5.11 Å². The lowest BCUT2D eigenvalue weighted by Gasteiger charge is -1.96. The van der Waals surface area contributed by atoms with E-state index < -0.39 is 0 Å². The molecule has 0 unspecified atom stereocenters. The van der Waals surface area contributed by atoms with E-state index in [0.717, 1.165) is 14.3 Å². The van der Waals surface area contributed by atoms with E-state index in [-0.39, 0.29) is 0 Å². The Labute approximate surface area is 113 Å². The van der Waals surface area contributed by atoms with Crippen molar-refractivity contribution in [2.45, 2.75) is 0 Å². The Balaban J connectivity index is 2.57.